The molecule has 0 aliphatic heterocycles. The van der Waals surface area contributed by atoms with E-state index in [0.29, 0.717) is 37.5 Å². The van der Waals surface area contributed by atoms with Gasteiger partial charge in [-0.1, -0.05) is 40.8 Å². The summed E-state index contributed by atoms with van der Waals surface area (Å²) in [4.78, 5) is 30.7. The number of thiazole rings is 1. The molecule has 0 aliphatic carbocycles. The zero-order chi connectivity index (χ0) is 23.4. The molecule has 0 atom stereocenters. The lowest BCUT2D eigenvalue weighted by atomic mass is 10.2. The Morgan fingerprint density at radius 1 is 1.28 bits per heavy atom. The molecule has 0 unspecified atom stereocenters. The van der Waals surface area contributed by atoms with E-state index in [0.717, 1.165) is 16.9 Å². The summed E-state index contributed by atoms with van der Waals surface area (Å²) < 4.78 is 7.54. The number of carbonyl (C=O) groups excluding carboxylic acids is 2. The second kappa shape index (κ2) is 10.3. The highest BCUT2D eigenvalue weighted by molar-refractivity contribution is 7.99. The number of amides is 2. The van der Waals surface area contributed by atoms with Gasteiger partial charge in [0.2, 0.25) is 5.91 Å². The maximum Gasteiger partial charge on any atom is 0.265 e. The molecule has 2 aromatic heterocycles. The maximum absolute atomic E-state index is 12.4. The van der Waals surface area contributed by atoms with E-state index in [1.807, 2.05) is 19.1 Å². The molecular formula is C20H23ClN6O3S2. The van der Waals surface area contributed by atoms with Gasteiger partial charge in [0.25, 0.3) is 5.91 Å². The van der Waals surface area contributed by atoms with E-state index in [4.69, 9.17) is 16.3 Å². The first-order valence-corrected chi connectivity index (χ1v) is 11.7. The number of rotatable bonds is 8. The number of aromatic nitrogens is 4. The van der Waals surface area contributed by atoms with Gasteiger partial charge in [0.05, 0.1) is 16.5 Å². The van der Waals surface area contributed by atoms with E-state index in [1.54, 1.807) is 38.7 Å². The quantitative estimate of drug-likeness (QED) is 0.477. The Morgan fingerprint density at radius 3 is 2.75 bits per heavy atom. The van der Waals surface area contributed by atoms with Gasteiger partial charge in [0, 0.05) is 21.1 Å². The van der Waals surface area contributed by atoms with Crippen LogP contribution in [0.5, 0.6) is 5.75 Å². The molecule has 0 saturated heterocycles. The highest BCUT2D eigenvalue weighted by Crippen LogP contribution is 2.27. The number of hydrogen-bond acceptors (Lipinski definition) is 8. The highest BCUT2D eigenvalue weighted by Gasteiger charge is 2.19. The summed E-state index contributed by atoms with van der Waals surface area (Å²) in [5, 5.41) is 12.5. The largest absolute Gasteiger partial charge is 0.484 e. The fourth-order valence-electron chi connectivity index (χ4n) is 2.60. The molecule has 3 rings (SSSR count). The lowest BCUT2D eigenvalue weighted by Crippen LogP contribution is -2.21. The van der Waals surface area contributed by atoms with Crippen molar-refractivity contribution in [1.82, 2.24) is 24.6 Å². The number of nitrogens with zero attached hydrogens (tertiary/aromatic N) is 5. The molecule has 3 aromatic rings. The molecule has 0 saturated carbocycles. The zero-order valence-corrected chi connectivity index (χ0v) is 20.7. The molecule has 2 heterocycles. The van der Waals surface area contributed by atoms with Gasteiger partial charge in [-0.3, -0.25) is 9.59 Å². The fraction of sp³-hybridized carbons (Fsp3) is 0.350. The van der Waals surface area contributed by atoms with Crippen LogP contribution in [0.1, 0.15) is 26.8 Å². The molecule has 32 heavy (non-hydrogen) atoms. The summed E-state index contributed by atoms with van der Waals surface area (Å²) in [6.45, 7) is 3.89. The van der Waals surface area contributed by atoms with Crippen molar-refractivity contribution in [3.05, 3.63) is 45.2 Å². The molecule has 170 valence electrons. The van der Waals surface area contributed by atoms with Crippen molar-refractivity contribution in [2.24, 2.45) is 7.05 Å². The number of anilines is 1. The number of nitrogens with one attached hydrogen (secondary N) is 1. The molecule has 1 aromatic carbocycles. The molecule has 2 amide bonds. The molecular weight excluding hydrogens is 472 g/mol. The first kappa shape index (κ1) is 24.0. The summed E-state index contributed by atoms with van der Waals surface area (Å²) in [6.07, 6.45) is 0. The average molecular weight is 495 g/mol. The molecule has 1 N–H and O–H groups in total. The van der Waals surface area contributed by atoms with Gasteiger partial charge in [-0.25, -0.2) is 4.98 Å². The van der Waals surface area contributed by atoms with Crippen LogP contribution in [0.4, 0.5) is 5.13 Å². The number of hydrogen-bond donors (Lipinski definition) is 1. The number of thioether (sulfide) groups is 1. The number of ether oxygens (including phenoxy) is 1. The van der Waals surface area contributed by atoms with E-state index in [1.165, 1.54) is 16.7 Å². The van der Waals surface area contributed by atoms with Crippen LogP contribution in [0.3, 0.4) is 0 Å². The van der Waals surface area contributed by atoms with Gasteiger partial charge in [-0.15, -0.1) is 10.2 Å². The topological polar surface area (TPSA) is 102 Å². The van der Waals surface area contributed by atoms with E-state index in [2.05, 4.69) is 20.5 Å². The van der Waals surface area contributed by atoms with Crippen molar-refractivity contribution in [1.29, 1.82) is 0 Å². The van der Waals surface area contributed by atoms with Gasteiger partial charge in [-0.2, -0.15) is 0 Å². The Balaban J connectivity index is 1.56. The summed E-state index contributed by atoms with van der Waals surface area (Å²) in [7, 11) is 5.15. The normalized spacial score (nSPS) is 10.8. The SMILES string of the molecule is Cc1ccc(Cl)c(OCc2nnc(SCC(=O)Nc3nc(C)c(C(=O)N(C)C)s3)n2C)c1. The van der Waals surface area contributed by atoms with Crippen LogP contribution in [0.2, 0.25) is 5.02 Å². The Hall–Kier alpha value is -2.63. The van der Waals surface area contributed by atoms with Crippen LogP contribution in [0.25, 0.3) is 0 Å². The van der Waals surface area contributed by atoms with E-state index in [9.17, 15) is 9.59 Å². The van der Waals surface area contributed by atoms with Crippen molar-refractivity contribution in [2.75, 3.05) is 25.2 Å². The van der Waals surface area contributed by atoms with Crippen molar-refractivity contribution >= 4 is 51.6 Å². The Morgan fingerprint density at radius 2 is 2.03 bits per heavy atom. The lowest BCUT2D eigenvalue weighted by molar-refractivity contribution is -0.113. The lowest BCUT2D eigenvalue weighted by Gasteiger charge is -2.09. The van der Waals surface area contributed by atoms with Crippen molar-refractivity contribution in [2.45, 2.75) is 25.6 Å². The van der Waals surface area contributed by atoms with Gasteiger partial charge >= 0.3 is 0 Å². The monoisotopic (exact) mass is 494 g/mol. The number of aryl methyl sites for hydroxylation is 2. The van der Waals surface area contributed by atoms with Crippen LogP contribution in [-0.4, -0.2) is 56.3 Å². The minimum Gasteiger partial charge on any atom is -0.484 e. The standard InChI is InChI=1S/C20H23ClN6O3S2/c1-11-6-7-13(21)14(8-11)30-9-15-24-25-20(27(15)5)31-10-16(28)23-19-22-12(2)17(32-19)18(29)26(3)4/h6-8H,9-10H2,1-5H3,(H,22,23,28). The third-order valence-corrected chi connectivity index (χ3v) is 6.74. The minimum absolute atomic E-state index is 0.117. The van der Waals surface area contributed by atoms with E-state index in [-0.39, 0.29) is 24.2 Å². The molecule has 0 radical (unpaired) electrons. The van der Waals surface area contributed by atoms with Crippen molar-refractivity contribution in [3.63, 3.8) is 0 Å². The minimum atomic E-state index is -0.250. The van der Waals surface area contributed by atoms with Gasteiger partial charge < -0.3 is 19.5 Å². The first-order valence-electron chi connectivity index (χ1n) is 9.54. The van der Waals surface area contributed by atoms with Crippen molar-refractivity contribution in [3.8, 4) is 5.75 Å². The van der Waals surface area contributed by atoms with Crippen LogP contribution in [0.15, 0.2) is 23.4 Å². The smallest absolute Gasteiger partial charge is 0.265 e. The van der Waals surface area contributed by atoms with Crippen LogP contribution >= 0.6 is 34.7 Å². The molecule has 0 fully saturated rings. The molecule has 9 nitrogen and oxygen atoms in total. The number of halogens is 1. The maximum atomic E-state index is 12.4. The molecule has 0 spiro atoms. The predicted molar refractivity (Wildman–Crippen MR) is 126 cm³/mol. The summed E-state index contributed by atoms with van der Waals surface area (Å²) in [5.41, 5.74) is 1.63. The summed E-state index contributed by atoms with van der Waals surface area (Å²) in [5.74, 6) is 0.907. The van der Waals surface area contributed by atoms with Gasteiger partial charge in [0.1, 0.15) is 17.2 Å². The first-order chi connectivity index (χ1) is 15.2. The second-order valence-corrected chi connectivity index (χ2v) is 9.50. The third kappa shape index (κ3) is 5.78. The predicted octanol–water partition coefficient (Wildman–Crippen LogP) is 3.55. The Bertz CT molecular complexity index is 1140. The number of benzene rings is 1. The van der Waals surface area contributed by atoms with Crippen LogP contribution in [-0.2, 0) is 18.4 Å². The third-order valence-electron chi connectivity index (χ3n) is 4.34. The molecule has 12 heteroatoms. The Labute approximate surface area is 199 Å². The van der Waals surface area contributed by atoms with Gasteiger partial charge in [-0.05, 0) is 31.5 Å². The highest BCUT2D eigenvalue weighted by atomic mass is 35.5. The van der Waals surface area contributed by atoms with Gasteiger partial charge in [0.15, 0.2) is 16.1 Å². The van der Waals surface area contributed by atoms with E-state index < -0.39 is 0 Å². The molecule has 0 bridgehead atoms. The second-order valence-electron chi connectivity index (χ2n) is 7.15. The Kier molecular flexibility index (Phi) is 7.75. The van der Waals surface area contributed by atoms with Crippen LogP contribution in [0, 0.1) is 13.8 Å². The van der Waals surface area contributed by atoms with Crippen LogP contribution < -0.4 is 10.1 Å². The number of carbonyl (C=O) groups is 2. The van der Waals surface area contributed by atoms with Crippen molar-refractivity contribution < 1.29 is 14.3 Å². The average Bonchev–Trinajstić information content (AvgIpc) is 3.28. The fourth-order valence-corrected chi connectivity index (χ4v) is 4.50. The van der Waals surface area contributed by atoms with E-state index >= 15 is 0 Å². The summed E-state index contributed by atoms with van der Waals surface area (Å²) >= 11 is 8.56. The molecule has 0 aliphatic rings. The summed E-state index contributed by atoms with van der Waals surface area (Å²) in [6, 6.07) is 5.55. The zero-order valence-electron chi connectivity index (χ0n) is 18.3.